The minimum Gasteiger partial charge on any atom is -0.457 e. The van der Waals surface area contributed by atoms with Crippen molar-refractivity contribution in [2.45, 2.75) is 37.1 Å². The van der Waals surface area contributed by atoms with Gasteiger partial charge in [-0.05, 0) is 79.4 Å². The van der Waals surface area contributed by atoms with Crippen molar-refractivity contribution in [1.29, 1.82) is 0 Å². The third-order valence-electron chi connectivity index (χ3n) is 5.46. The molecule has 6 nitrogen and oxygen atoms in total. The van der Waals surface area contributed by atoms with E-state index in [0.29, 0.717) is 18.8 Å². The number of ether oxygens (including phenoxy) is 1. The molecule has 1 saturated carbocycles. The number of hydrogen-bond acceptors (Lipinski definition) is 6. The molecule has 2 aromatic carbocycles. The highest BCUT2D eigenvalue weighted by molar-refractivity contribution is 6.13. The van der Waals surface area contributed by atoms with Crippen LogP contribution in [0.5, 0.6) is 11.5 Å². The summed E-state index contributed by atoms with van der Waals surface area (Å²) in [5.41, 5.74) is 2.02. The van der Waals surface area contributed by atoms with Crippen LogP contribution in [-0.2, 0) is 6.42 Å². The first-order valence-corrected chi connectivity index (χ1v) is 10.4. The topological polar surface area (TPSA) is 87.8 Å². The largest absolute Gasteiger partial charge is 0.457 e. The van der Waals surface area contributed by atoms with Crippen molar-refractivity contribution in [3.63, 3.8) is 0 Å². The van der Waals surface area contributed by atoms with Crippen LogP contribution in [-0.4, -0.2) is 33.9 Å². The maximum Gasteiger partial charge on any atom is 0.197 e. The zero-order chi connectivity index (χ0) is 21.0. The van der Waals surface area contributed by atoms with Gasteiger partial charge in [-0.15, -0.1) is 0 Å². The Bertz CT molecular complexity index is 940. The minimum atomic E-state index is -0.887. The second kappa shape index (κ2) is 9.18. The Hall–Kier alpha value is -2.38. The van der Waals surface area contributed by atoms with Gasteiger partial charge in [0.05, 0.1) is 18.8 Å². The lowest BCUT2D eigenvalue weighted by Crippen LogP contribution is -2.47. The molecule has 0 unspecified atom stereocenters. The Kier molecular flexibility index (Phi) is 6.39. The predicted molar refractivity (Wildman–Crippen MR) is 115 cm³/mol. The van der Waals surface area contributed by atoms with Gasteiger partial charge in [0.15, 0.2) is 5.89 Å². The lowest BCUT2D eigenvalue weighted by Gasteiger charge is -2.27. The Labute approximate surface area is 180 Å². The van der Waals surface area contributed by atoms with E-state index in [-0.39, 0.29) is 13.2 Å². The highest BCUT2D eigenvalue weighted by Gasteiger charge is 2.29. The van der Waals surface area contributed by atoms with Gasteiger partial charge in [0.1, 0.15) is 23.5 Å². The highest BCUT2D eigenvalue weighted by Crippen LogP contribution is 2.40. The molecule has 1 aliphatic rings. The fourth-order valence-corrected chi connectivity index (χ4v) is 3.40. The molecule has 0 bridgehead atoms. The van der Waals surface area contributed by atoms with Crippen molar-refractivity contribution in [3.05, 3.63) is 66.2 Å². The average molecular weight is 429 g/mol. The fourth-order valence-electron chi connectivity index (χ4n) is 3.19. The molecule has 158 valence electrons. The summed E-state index contributed by atoms with van der Waals surface area (Å²) in [6.07, 6.45) is 5.22. The number of rotatable bonds is 10. The zero-order valence-corrected chi connectivity index (χ0v) is 17.3. The Morgan fingerprint density at radius 3 is 2.23 bits per heavy atom. The Morgan fingerprint density at radius 1 is 1.03 bits per heavy atom. The molecule has 4 rings (SSSR count). The number of oxazole rings is 1. The first kappa shape index (κ1) is 20.9. The minimum absolute atomic E-state index is 0.236. The fraction of sp³-hybridized carbons (Fsp3) is 0.348. The lowest BCUT2D eigenvalue weighted by molar-refractivity contribution is 0.103. The van der Waals surface area contributed by atoms with E-state index in [1.54, 1.807) is 6.26 Å². The van der Waals surface area contributed by atoms with Crippen molar-refractivity contribution in [2.75, 3.05) is 13.2 Å². The van der Waals surface area contributed by atoms with Crippen LogP contribution in [0.15, 0.2) is 59.2 Å². The Balaban J connectivity index is 1.34. The number of aryl methyl sites for hydroxylation is 1. The summed E-state index contributed by atoms with van der Waals surface area (Å²) in [5.74, 6) is 2.81. The second-order valence-electron chi connectivity index (χ2n) is 7.81. The smallest absolute Gasteiger partial charge is 0.197 e. The lowest BCUT2D eigenvalue weighted by atomic mass is 9.94. The number of aliphatic hydroxyl groups is 2. The predicted octanol–water partition coefficient (Wildman–Crippen LogP) is 4.41. The molecule has 0 saturated heterocycles. The summed E-state index contributed by atoms with van der Waals surface area (Å²) in [6.45, 7) is -0.471. The first-order valence-electron chi connectivity index (χ1n) is 10.1. The van der Waals surface area contributed by atoms with E-state index in [1.807, 2.05) is 48.5 Å². The van der Waals surface area contributed by atoms with Gasteiger partial charge in [-0.1, -0.05) is 12.1 Å². The van der Waals surface area contributed by atoms with Gasteiger partial charge < -0.3 is 19.4 Å². The van der Waals surface area contributed by atoms with Crippen LogP contribution in [0.1, 0.15) is 36.6 Å². The average Bonchev–Trinajstić information content (AvgIpc) is 3.53. The molecule has 3 aromatic rings. The number of halogens is 1. The van der Waals surface area contributed by atoms with E-state index in [1.165, 1.54) is 12.8 Å². The molecule has 0 amide bonds. The number of nitrogens with zero attached hydrogens (tertiary/aromatic N) is 1. The van der Waals surface area contributed by atoms with Crippen LogP contribution >= 0.6 is 11.8 Å². The van der Waals surface area contributed by atoms with Crippen molar-refractivity contribution in [3.8, 4) is 22.8 Å². The quantitative estimate of drug-likeness (QED) is 0.414. The van der Waals surface area contributed by atoms with Crippen molar-refractivity contribution < 1.29 is 19.4 Å². The summed E-state index contributed by atoms with van der Waals surface area (Å²) in [4.78, 5) is 7.06. The van der Waals surface area contributed by atoms with Gasteiger partial charge in [-0.25, -0.2) is 9.82 Å². The summed E-state index contributed by atoms with van der Waals surface area (Å²) in [7, 11) is 0. The second-order valence-corrected chi connectivity index (χ2v) is 8.00. The molecular weight excluding hydrogens is 404 g/mol. The summed E-state index contributed by atoms with van der Waals surface area (Å²) < 4.78 is 11.5. The summed E-state index contributed by atoms with van der Waals surface area (Å²) >= 11 is 5.68. The van der Waals surface area contributed by atoms with E-state index >= 15 is 0 Å². The molecule has 1 fully saturated rings. The van der Waals surface area contributed by atoms with Gasteiger partial charge in [0.25, 0.3) is 0 Å². The standard InChI is InChI=1S/C23H25ClN2O4/c24-26-23(14-27,15-28)12-11-16-1-7-19(8-2-16)30-20-9-5-17(6-10-20)21-13-29-22(25-21)18-3-4-18/h1-2,5-10,13,18,26-28H,3-4,11-12,14-15H2. The van der Waals surface area contributed by atoms with Crippen LogP contribution in [0.3, 0.4) is 0 Å². The van der Waals surface area contributed by atoms with Gasteiger partial charge in [-0.2, -0.15) is 0 Å². The molecule has 3 N–H and O–H groups in total. The molecule has 1 aromatic heterocycles. The molecule has 0 spiro atoms. The molecule has 7 heteroatoms. The van der Waals surface area contributed by atoms with E-state index < -0.39 is 5.54 Å². The molecule has 30 heavy (non-hydrogen) atoms. The Morgan fingerprint density at radius 2 is 1.67 bits per heavy atom. The van der Waals surface area contributed by atoms with Crippen molar-refractivity contribution in [2.24, 2.45) is 0 Å². The van der Waals surface area contributed by atoms with Gasteiger partial charge in [0.2, 0.25) is 0 Å². The van der Waals surface area contributed by atoms with Gasteiger partial charge in [-0.3, -0.25) is 0 Å². The molecule has 0 radical (unpaired) electrons. The van der Waals surface area contributed by atoms with E-state index in [9.17, 15) is 10.2 Å². The summed E-state index contributed by atoms with van der Waals surface area (Å²) in [6, 6.07) is 15.5. The van der Waals surface area contributed by atoms with Crippen molar-refractivity contribution >= 4 is 11.8 Å². The zero-order valence-electron chi connectivity index (χ0n) is 16.6. The first-order chi connectivity index (χ1) is 14.6. The summed E-state index contributed by atoms with van der Waals surface area (Å²) in [5, 5.41) is 18.9. The molecule has 0 aliphatic heterocycles. The maximum absolute atomic E-state index is 9.45. The van der Waals surface area contributed by atoms with E-state index in [0.717, 1.165) is 34.2 Å². The molecule has 1 aliphatic carbocycles. The third-order valence-corrected chi connectivity index (χ3v) is 5.86. The van der Waals surface area contributed by atoms with Gasteiger partial charge >= 0.3 is 0 Å². The van der Waals surface area contributed by atoms with Gasteiger partial charge in [0, 0.05) is 11.5 Å². The number of aromatic nitrogens is 1. The number of aliphatic hydroxyl groups excluding tert-OH is 2. The number of benzene rings is 2. The molecular formula is C23H25ClN2O4. The van der Waals surface area contributed by atoms with Crippen molar-refractivity contribution in [1.82, 2.24) is 9.82 Å². The third kappa shape index (κ3) is 4.84. The van der Waals surface area contributed by atoms with Crippen LogP contribution in [0.25, 0.3) is 11.3 Å². The SMILES string of the molecule is OCC(CO)(CCc1ccc(Oc2ccc(-c3coc(C4CC4)n3)cc2)cc1)NCl. The van der Waals surface area contributed by atoms with Crippen LogP contribution in [0.4, 0.5) is 0 Å². The highest BCUT2D eigenvalue weighted by atomic mass is 35.5. The van der Waals surface area contributed by atoms with Crippen LogP contribution < -0.4 is 9.57 Å². The normalized spacial score (nSPS) is 14.1. The van der Waals surface area contributed by atoms with Crippen LogP contribution in [0, 0.1) is 0 Å². The molecule has 1 heterocycles. The maximum atomic E-state index is 9.45. The van der Waals surface area contributed by atoms with E-state index in [2.05, 4.69) is 9.82 Å². The molecule has 0 atom stereocenters. The monoisotopic (exact) mass is 428 g/mol. The number of hydrogen-bond donors (Lipinski definition) is 3. The van der Waals surface area contributed by atoms with Crippen LogP contribution in [0.2, 0.25) is 0 Å². The number of nitrogens with one attached hydrogen (secondary N) is 1. The van der Waals surface area contributed by atoms with E-state index in [4.69, 9.17) is 20.9 Å².